The van der Waals surface area contributed by atoms with E-state index >= 15 is 0 Å². The maximum absolute atomic E-state index is 13.2. The molecule has 10 heteroatoms. The molecule has 2 atom stereocenters. The lowest BCUT2D eigenvalue weighted by Crippen LogP contribution is -2.62. The van der Waals surface area contributed by atoms with E-state index in [0.717, 1.165) is 16.9 Å². The van der Waals surface area contributed by atoms with Crippen molar-refractivity contribution in [3.05, 3.63) is 51.9 Å². The largest absolute Gasteiger partial charge is 0.354 e. The minimum Gasteiger partial charge on any atom is -0.354 e. The molecule has 1 spiro atoms. The topological polar surface area (TPSA) is 95.6 Å². The highest BCUT2D eigenvalue weighted by molar-refractivity contribution is 7.91. The van der Waals surface area contributed by atoms with Gasteiger partial charge in [-0.15, -0.1) is 11.3 Å². The number of nitrogens with zero attached hydrogens (tertiary/aromatic N) is 1. The van der Waals surface area contributed by atoms with E-state index in [0.29, 0.717) is 16.3 Å². The van der Waals surface area contributed by atoms with Crippen molar-refractivity contribution < 1.29 is 18.0 Å². The molecule has 0 aliphatic carbocycles. The average Bonchev–Trinajstić information content (AvgIpc) is 3.26. The van der Waals surface area contributed by atoms with E-state index in [1.807, 2.05) is 26.0 Å². The van der Waals surface area contributed by atoms with Crippen LogP contribution in [0.2, 0.25) is 4.34 Å². The molecule has 30 heavy (non-hydrogen) atoms. The molecule has 2 amide bonds. The Morgan fingerprint density at radius 3 is 2.70 bits per heavy atom. The normalized spacial score (nSPS) is 24.1. The van der Waals surface area contributed by atoms with Gasteiger partial charge < -0.3 is 10.6 Å². The Balaban J connectivity index is 1.74. The summed E-state index contributed by atoms with van der Waals surface area (Å²) < 4.78 is 28.2. The van der Waals surface area contributed by atoms with Crippen LogP contribution in [0, 0.1) is 5.92 Å². The van der Waals surface area contributed by atoms with Crippen molar-refractivity contribution in [1.82, 2.24) is 14.9 Å². The number of halogens is 1. The molecule has 1 aromatic carbocycles. The van der Waals surface area contributed by atoms with Crippen LogP contribution in [0.25, 0.3) is 0 Å². The van der Waals surface area contributed by atoms with Gasteiger partial charge in [0.1, 0.15) is 4.21 Å². The van der Waals surface area contributed by atoms with E-state index in [-0.39, 0.29) is 35.2 Å². The van der Waals surface area contributed by atoms with Crippen molar-refractivity contribution in [2.45, 2.75) is 36.1 Å². The predicted molar refractivity (Wildman–Crippen MR) is 115 cm³/mol. The molecule has 1 aromatic heterocycles. The van der Waals surface area contributed by atoms with Gasteiger partial charge in [-0.1, -0.05) is 29.8 Å². The maximum Gasteiger partial charge on any atom is 0.252 e. The summed E-state index contributed by atoms with van der Waals surface area (Å²) in [6, 6.07) is 10.1. The van der Waals surface area contributed by atoms with Crippen LogP contribution in [-0.2, 0) is 21.2 Å². The summed E-state index contributed by atoms with van der Waals surface area (Å²) in [6.07, 6.45) is 0.377. The molecule has 3 heterocycles. The third-order valence-corrected chi connectivity index (χ3v) is 9.04. The number of rotatable bonds is 4. The second-order valence-electron chi connectivity index (χ2n) is 8.02. The quantitative estimate of drug-likeness (QED) is 0.721. The number of fused-ring (bicyclic) bond motifs is 1. The fourth-order valence-electron chi connectivity index (χ4n) is 4.21. The number of carbonyl (C=O) groups excluding carboxylic acids is 2. The van der Waals surface area contributed by atoms with E-state index in [1.54, 1.807) is 12.1 Å². The Labute approximate surface area is 184 Å². The number of nitrogens with one attached hydrogen (secondary N) is 2. The predicted octanol–water partition coefficient (Wildman–Crippen LogP) is 2.27. The molecular formula is C20H22ClN3O4S2. The summed E-state index contributed by atoms with van der Waals surface area (Å²) in [4.78, 5) is 25.9. The van der Waals surface area contributed by atoms with Crippen molar-refractivity contribution in [3.8, 4) is 0 Å². The number of benzene rings is 1. The van der Waals surface area contributed by atoms with Gasteiger partial charge in [0.15, 0.2) is 0 Å². The molecule has 2 aliphatic rings. The van der Waals surface area contributed by atoms with E-state index in [4.69, 9.17) is 11.6 Å². The summed E-state index contributed by atoms with van der Waals surface area (Å²) in [7, 11) is -3.85. The summed E-state index contributed by atoms with van der Waals surface area (Å²) in [5, 5.41) is 5.86. The highest BCUT2D eigenvalue weighted by Crippen LogP contribution is 2.39. The monoisotopic (exact) mass is 467 g/mol. The van der Waals surface area contributed by atoms with Crippen molar-refractivity contribution >= 4 is 44.8 Å². The minimum absolute atomic E-state index is 0.0150. The van der Waals surface area contributed by atoms with Crippen LogP contribution in [0.1, 0.15) is 29.8 Å². The van der Waals surface area contributed by atoms with Gasteiger partial charge in [0.2, 0.25) is 5.91 Å². The van der Waals surface area contributed by atoms with Crippen LogP contribution in [0.3, 0.4) is 0 Å². The highest BCUT2D eigenvalue weighted by Gasteiger charge is 2.56. The van der Waals surface area contributed by atoms with Gasteiger partial charge >= 0.3 is 0 Å². The fourth-order valence-corrected chi connectivity index (χ4v) is 7.37. The zero-order chi connectivity index (χ0) is 21.7. The van der Waals surface area contributed by atoms with Crippen molar-refractivity contribution in [1.29, 1.82) is 0 Å². The van der Waals surface area contributed by atoms with Gasteiger partial charge in [0, 0.05) is 24.7 Å². The van der Waals surface area contributed by atoms with E-state index < -0.39 is 21.5 Å². The van der Waals surface area contributed by atoms with Crippen molar-refractivity contribution in [2.75, 3.05) is 13.1 Å². The van der Waals surface area contributed by atoms with Crippen LogP contribution in [0.4, 0.5) is 0 Å². The number of carbonyl (C=O) groups is 2. The molecule has 0 radical (unpaired) electrons. The third-order valence-electron chi connectivity index (χ3n) is 5.53. The van der Waals surface area contributed by atoms with Crippen molar-refractivity contribution in [3.63, 3.8) is 0 Å². The van der Waals surface area contributed by atoms with Gasteiger partial charge in [-0.3, -0.25) is 9.59 Å². The lowest BCUT2D eigenvalue weighted by atomic mass is 9.77. The lowest BCUT2D eigenvalue weighted by Gasteiger charge is -2.39. The summed E-state index contributed by atoms with van der Waals surface area (Å²) in [5.41, 5.74) is 0.345. The zero-order valence-corrected chi connectivity index (χ0v) is 18.9. The zero-order valence-electron chi connectivity index (χ0n) is 16.5. The van der Waals surface area contributed by atoms with Gasteiger partial charge in [-0.2, -0.15) is 4.31 Å². The fraction of sp³-hybridized carbons (Fsp3) is 0.400. The van der Waals surface area contributed by atoms with Gasteiger partial charge in [0.05, 0.1) is 15.8 Å². The molecule has 7 nitrogen and oxygen atoms in total. The first-order chi connectivity index (χ1) is 14.1. The number of hydrogen-bond donors (Lipinski definition) is 2. The van der Waals surface area contributed by atoms with Gasteiger partial charge in [-0.25, -0.2) is 8.42 Å². The van der Waals surface area contributed by atoms with Crippen LogP contribution >= 0.6 is 22.9 Å². The summed E-state index contributed by atoms with van der Waals surface area (Å²) in [6.45, 7) is 3.69. The number of amides is 2. The van der Waals surface area contributed by atoms with E-state index in [1.165, 1.54) is 16.4 Å². The summed E-state index contributed by atoms with van der Waals surface area (Å²) in [5.74, 6) is -1.29. The Morgan fingerprint density at radius 2 is 2.03 bits per heavy atom. The Bertz CT molecular complexity index is 1110. The average molecular weight is 468 g/mol. The smallest absolute Gasteiger partial charge is 0.252 e. The van der Waals surface area contributed by atoms with E-state index in [9.17, 15) is 18.0 Å². The SMILES string of the molecule is CC(C)NC(=O)[C@H]1CN(S(=O)(=O)c2ccc(Cl)s2)C[C@@]12Cc1ccccc1C(=O)N2. The summed E-state index contributed by atoms with van der Waals surface area (Å²) >= 11 is 6.92. The standard InChI is InChI=1S/C20H22ClN3O4S2/c1-12(2)22-19(26)15-10-24(30(27,28)17-8-7-16(21)29-17)11-20(15)9-13-5-3-4-6-14(13)18(25)23-20/h3-8,12,15H,9-11H2,1-2H3,(H,22,26)(H,23,25)/t15-,20+/m1/s1. The van der Waals surface area contributed by atoms with Crippen LogP contribution in [0.15, 0.2) is 40.6 Å². The maximum atomic E-state index is 13.2. The molecule has 1 fully saturated rings. The minimum atomic E-state index is -3.85. The van der Waals surface area contributed by atoms with E-state index in [2.05, 4.69) is 10.6 Å². The van der Waals surface area contributed by atoms with Crippen LogP contribution < -0.4 is 10.6 Å². The molecule has 160 valence electrons. The number of thiophene rings is 1. The first-order valence-electron chi connectivity index (χ1n) is 9.59. The molecular weight excluding hydrogens is 446 g/mol. The van der Waals surface area contributed by atoms with Crippen molar-refractivity contribution in [2.24, 2.45) is 5.92 Å². The van der Waals surface area contributed by atoms with Gasteiger partial charge in [-0.05, 0) is 44.0 Å². The third kappa shape index (κ3) is 3.64. The lowest BCUT2D eigenvalue weighted by molar-refractivity contribution is -0.126. The molecule has 0 bridgehead atoms. The van der Waals surface area contributed by atoms with Gasteiger partial charge in [0.25, 0.3) is 15.9 Å². The Hall–Kier alpha value is -1.94. The second-order valence-corrected chi connectivity index (χ2v) is 11.9. The Morgan fingerprint density at radius 1 is 1.30 bits per heavy atom. The second kappa shape index (κ2) is 7.64. The molecule has 0 unspecified atom stereocenters. The molecule has 1 saturated heterocycles. The van der Waals surface area contributed by atoms with Crippen LogP contribution in [0.5, 0.6) is 0 Å². The number of hydrogen-bond acceptors (Lipinski definition) is 5. The Kier molecular flexibility index (Phi) is 5.42. The van der Waals surface area contributed by atoms with Crippen LogP contribution in [-0.4, -0.2) is 49.2 Å². The first-order valence-corrected chi connectivity index (χ1v) is 12.2. The molecule has 2 N–H and O–H groups in total. The number of sulfonamides is 1. The molecule has 2 aliphatic heterocycles. The molecule has 4 rings (SSSR count). The molecule has 0 saturated carbocycles. The first kappa shape index (κ1) is 21.3. The molecule has 2 aromatic rings. The highest BCUT2D eigenvalue weighted by atomic mass is 35.5.